The summed E-state index contributed by atoms with van der Waals surface area (Å²) < 4.78 is 0. The fourth-order valence-electron chi connectivity index (χ4n) is 1.44. The van der Waals surface area contributed by atoms with E-state index in [1.807, 2.05) is 0 Å². The average molecular weight is 185 g/mol. The quantitative estimate of drug-likeness (QED) is 0.591. The molecular weight excluding hydrogens is 162 g/mol. The fraction of sp³-hybridized carbons (Fsp3) is 0.909. The van der Waals surface area contributed by atoms with E-state index in [2.05, 4.69) is 13.8 Å². The van der Waals surface area contributed by atoms with Gasteiger partial charge in [-0.05, 0) is 12.8 Å². The fourth-order valence-corrected chi connectivity index (χ4v) is 1.44. The molecule has 2 N–H and O–H groups in total. The Labute approximate surface area is 81.9 Å². The van der Waals surface area contributed by atoms with Gasteiger partial charge in [0.2, 0.25) is 0 Å². The first-order valence-corrected chi connectivity index (χ1v) is 5.48. The van der Waals surface area contributed by atoms with Crippen molar-refractivity contribution in [1.29, 1.82) is 0 Å². The molecule has 0 aliphatic carbocycles. The largest absolute Gasteiger partial charge is 0.327 e. The van der Waals surface area contributed by atoms with Crippen molar-refractivity contribution in [3.05, 3.63) is 0 Å². The smallest absolute Gasteiger partial charge is 0.134 e. The second-order valence-electron chi connectivity index (χ2n) is 3.75. The van der Waals surface area contributed by atoms with E-state index in [1.54, 1.807) is 0 Å². The number of Topliss-reactive ketones (excluding diaryl/α,β-unsaturated/α-hetero) is 1. The van der Waals surface area contributed by atoms with Crippen LogP contribution in [0.15, 0.2) is 0 Å². The number of unbranched alkanes of at least 4 members (excludes halogenated alkanes) is 2. The normalized spacial score (nSPS) is 12.8. The van der Waals surface area contributed by atoms with Gasteiger partial charge in [0.1, 0.15) is 5.78 Å². The molecule has 0 aliphatic heterocycles. The van der Waals surface area contributed by atoms with Gasteiger partial charge >= 0.3 is 0 Å². The zero-order chi connectivity index (χ0) is 10.1. The summed E-state index contributed by atoms with van der Waals surface area (Å²) in [6.45, 7) is 4.24. The molecule has 0 heterocycles. The van der Waals surface area contributed by atoms with Crippen molar-refractivity contribution < 1.29 is 4.79 Å². The Hall–Kier alpha value is -0.370. The molecule has 0 rings (SSSR count). The van der Waals surface area contributed by atoms with E-state index in [1.165, 1.54) is 6.42 Å². The molecule has 0 saturated carbocycles. The van der Waals surface area contributed by atoms with Crippen LogP contribution in [0.4, 0.5) is 0 Å². The predicted octanol–water partition coefficient (Wildman–Crippen LogP) is 2.65. The topological polar surface area (TPSA) is 43.1 Å². The van der Waals surface area contributed by atoms with E-state index in [-0.39, 0.29) is 6.04 Å². The molecule has 0 fully saturated rings. The van der Waals surface area contributed by atoms with E-state index in [0.29, 0.717) is 12.2 Å². The zero-order valence-corrected chi connectivity index (χ0v) is 9.01. The van der Waals surface area contributed by atoms with Crippen molar-refractivity contribution in [1.82, 2.24) is 0 Å². The summed E-state index contributed by atoms with van der Waals surface area (Å²) in [5, 5.41) is 0. The summed E-state index contributed by atoms with van der Waals surface area (Å²) in [6.07, 6.45) is 6.73. The molecule has 0 aromatic rings. The predicted molar refractivity (Wildman–Crippen MR) is 56.6 cm³/mol. The first-order valence-electron chi connectivity index (χ1n) is 5.48. The highest BCUT2D eigenvalue weighted by molar-refractivity contribution is 5.78. The summed E-state index contributed by atoms with van der Waals surface area (Å²) in [5.74, 6) is 0.342. The minimum Gasteiger partial charge on any atom is -0.327 e. The van der Waals surface area contributed by atoms with Crippen LogP contribution in [0, 0.1) is 0 Å². The highest BCUT2D eigenvalue weighted by Crippen LogP contribution is 2.05. The van der Waals surface area contributed by atoms with E-state index in [0.717, 1.165) is 32.1 Å². The average Bonchev–Trinajstić information content (AvgIpc) is 2.05. The van der Waals surface area contributed by atoms with Crippen molar-refractivity contribution in [2.24, 2.45) is 5.73 Å². The minimum absolute atomic E-state index is 0.0964. The number of hydrogen-bond donors (Lipinski definition) is 1. The van der Waals surface area contributed by atoms with E-state index in [4.69, 9.17) is 5.73 Å². The maximum absolute atomic E-state index is 11.3. The molecule has 0 aliphatic rings. The van der Waals surface area contributed by atoms with Gasteiger partial charge in [-0.1, -0.05) is 33.1 Å². The second-order valence-corrected chi connectivity index (χ2v) is 3.75. The molecule has 0 saturated heterocycles. The maximum atomic E-state index is 11.3. The lowest BCUT2D eigenvalue weighted by atomic mass is 10.0. The van der Waals surface area contributed by atoms with Crippen molar-refractivity contribution in [2.75, 3.05) is 0 Å². The molecule has 0 amide bonds. The standard InChI is InChI=1S/C11H23NO/c1-3-5-6-8-11(13)9-10(12)7-4-2/h10H,3-9,12H2,1-2H3. The van der Waals surface area contributed by atoms with Gasteiger partial charge in [0.25, 0.3) is 0 Å². The van der Waals surface area contributed by atoms with Crippen LogP contribution in [0.1, 0.15) is 58.8 Å². The SMILES string of the molecule is CCCCCC(=O)CC(N)CCC. The molecule has 0 aromatic heterocycles. The first-order chi connectivity index (χ1) is 6.20. The Kier molecular flexibility index (Phi) is 8.00. The van der Waals surface area contributed by atoms with Crippen LogP contribution in [0.2, 0.25) is 0 Å². The molecule has 2 heteroatoms. The van der Waals surface area contributed by atoms with Crippen LogP contribution in [0.25, 0.3) is 0 Å². The summed E-state index contributed by atoms with van der Waals surface area (Å²) in [5.41, 5.74) is 5.77. The molecule has 78 valence electrons. The molecule has 2 nitrogen and oxygen atoms in total. The molecule has 1 unspecified atom stereocenters. The van der Waals surface area contributed by atoms with Crippen molar-refractivity contribution in [2.45, 2.75) is 64.8 Å². The minimum atomic E-state index is 0.0964. The van der Waals surface area contributed by atoms with Gasteiger partial charge in [-0.25, -0.2) is 0 Å². The lowest BCUT2D eigenvalue weighted by Gasteiger charge is -2.08. The molecule has 0 aromatic carbocycles. The monoisotopic (exact) mass is 185 g/mol. The number of carbonyl (C=O) groups excluding carboxylic acids is 1. The number of nitrogens with two attached hydrogens (primary N) is 1. The maximum Gasteiger partial charge on any atom is 0.134 e. The van der Waals surface area contributed by atoms with Crippen LogP contribution in [-0.2, 0) is 4.79 Å². The van der Waals surface area contributed by atoms with Crippen LogP contribution in [-0.4, -0.2) is 11.8 Å². The summed E-state index contributed by atoms with van der Waals surface area (Å²) >= 11 is 0. The Morgan fingerprint density at radius 3 is 2.46 bits per heavy atom. The van der Waals surface area contributed by atoms with Crippen LogP contribution in [0.5, 0.6) is 0 Å². The van der Waals surface area contributed by atoms with Crippen molar-refractivity contribution >= 4 is 5.78 Å². The first kappa shape index (κ1) is 12.6. The van der Waals surface area contributed by atoms with Crippen molar-refractivity contribution in [3.8, 4) is 0 Å². The van der Waals surface area contributed by atoms with Crippen LogP contribution >= 0.6 is 0 Å². The zero-order valence-electron chi connectivity index (χ0n) is 9.01. The van der Waals surface area contributed by atoms with Crippen molar-refractivity contribution in [3.63, 3.8) is 0 Å². The summed E-state index contributed by atoms with van der Waals surface area (Å²) in [4.78, 5) is 11.3. The molecule has 13 heavy (non-hydrogen) atoms. The van der Waals surface area contributed by atoms with Gasteiger partial charge in [0.05, 0.1) is 0 Å². The molecular formula is C11H23NO. The Balaban J connectivity index is 3.38. The Bertz CT molecular complexity index is 134. The van der Waals surface area contributed by atoms with E-state index >= 15 is 0 Å². The lowest BCUT2D eigenvalue weighted by molar-refractivity contribution is -0.119. The van der Waals surface area contributed by atoms with Gasteiger partial charge < -0.3 is 5.73 Å². The van der Waals surface area contributed by atoms with E-state index < -0.39 is 0 Å². The number of carbonyl (C=O) groups is 1. The third kappa shape index (κ3) is 7.97. The van der Waals surface area contributed by atoms with Gasteiger partial charge in [-0.15, -0.1) is 0 Å². The van der Waals surface area contributed by atoms with Crippen LogP contribution in [0.3, 0.4) is 0 Å². The van der Waals surface area contributed by atoms with Gasteiger partial charge in [0, 0.05) is 18.9 Å². The van der Waals surface area contributed by atoms with Crippen LogP contribution < -0.4 is 5.73 Å². The summed E-state index contributed by atoms with van der Waals surface area (Å²) in [7, 11) is 0. The van der Waals surface area contributed by atoms with E-state index in [9.17, 15) is 4.79 Å². The third-order valence-corrected chi connectivity index (χ3v) is 2.21. The number of ketones is 1. The Morgan fingerprint density at radius 2 is 1.92 bits per heavy atom. The summed E-state index contributed by atoms with van der Waals surface area (Å²) in [6, 6.07) is 0.0964. The molecule has 0 radical (unpaired) electrons. The number of rotatable bonds is 8. The van der Waals surface area contributed by atoms with Gasteiger partial charge in [-0.3, -0.25) is 4.79 Å². The third-order valence-electron chi connectivity index (χ3n) is 2.21. The second kappa shape index (κ2) is 8.24. The Morgan fingerprint density at radius 1 is 1.23 bits per heavy atom. The molecule has 0 bridgehead atoms. The molecule has 1 atom stereocenters. The van der Waals surface area contributed by atoms with Gasteiger partial charge in [0.15, 0.2) is 0 Å². The highest BCUT2D eigenvalue weighted by Gasteiger charge is 2.07. The number of hydrogen-bond acceptors (Lipinski definition) is 2. The highest BCUT2D eigenvalue weighted by atomic mass is 16.1. The lowest BCUT2D eigenvalue weighted by Crippen LogP contribution is -2.23. The molecule has 0 spiro atoms. The van der Waals surface area contributed by atoms with Gasteiger partial charge in [-0.2, -0.15) is 0 Å².